The molecule has 0 heterocycles. The number of halogens is 2. The Morgan fingerprint density at radius 1 is 0.950 bits per heavy atom. The molecule has 2 aromatic carbocycles. The molecule has 0 atom stereocenters. The third-order valence-electron chi connectivity index (χ3n) is 4.11. The largest absolute Gasteiger partial charge is 0.382 e. The molecule has 1 aliphatic rings. The van der Waals surface area contributed by atoms with Gasteiger partial charge in [-0.3, -0.25) is 0 Å². The lowest BCUT2D eigenvalue weighted by Gasteiger charge is -2.37. The van der Waals surface area contributed by atoms with E-state index in [1.54, 1.807) is 0 Å². The molecule has 0 saturated heterocycles. The van der Waals surface area contributed by atoms with E-state index in [0.29, 0.717) is 12.0 Å². The van der Waals surface area contributed by atoms with Gasteiger partial charge < -0.3 is 5.32 Å². The van der Waals surface area contributed by atoms with Gasteiger partial charge in [0.05, 0.1) is 0 Å². The zero-order valence-electron chi connectivity index (χ0n) is 11.4. The second-order valence-electron chi connectivity index (χ2n) is 5.44. The second kappa shape index (κ2) is 5.67. The van der Waals surface area contributed by atoms with E-state index in [4.69, 9.17) is 23.2 Å². The SMILES string of the molecule is Cc1c(Cl)cccc1NC1CC(c2ccccc2Cl)C1. The standard InChI is InChI=1S/C17H17Cl2N/c1-11-15(18)7-4-8-17(11)20-13-9-12(10-13)14-5-2-3-6-16(14)19/h2-8,12-13,20H,9-10H2,1H3. The third-order valence-corrected chi connectivity index (χ3v) is 4.86. The maximum atomic E-state index is 6.25. The average molecular weight is 306 g/mol. The minimum Gasteiger partial charge on any atom is -0.382 e. The molecule has 2 aromatic rings. The normalized spacial score (nSPS) is 21.4. The van der Waals surface area contributed by atoms with Gasteiger partial charge >= 0.3 is 0 Å². The van der Waals surface area contributed by atoms with Crippen molar-refractivity contribution in [3.63, 3.8) is 0 Å². The van der Waals surface area contributed by atoms with Crippen LogP contribution >= 0.6 is 23.2 Å². The van der Waals surface area contributed by atoms with Crippen LogP contribution in [0.2, 0.25) is 10.0 Å². The summed E-state index contributed by atoms with van der Waals surface area (Å²) in [5.41, 5.74) is 3.53. The molecule has 0 bridgehead atoms. The van der Waals surface area contributed by atoms with E-state index in [0.717, 1.165) is 34.1 Å². The van der Waals surface area contributed by atoms with E-state index < -0.39 is 0 Å². The molecule has 0 aliphatic heterocycles. The highest BCUT2D eigenvalue weighted by atomic mass is 35.5. The Labute approximate surface area is 129 Å². The van der Waals surface area contributed by atoms with Gasteiger partial charge in [0, 0.05) is 21.8 Å². The fourth-order valence-electron chi connectivity index (χ4n) is 2.78. The maximum Gasteiger partial charge on any atom is 0.0455 e. The molecule has 0 unspecified atom stereocenters. The first kappa shape index (κ1) is 13.8. The van der Waals surface area contributed by atoms with Crippen molar-refractivity contribution in [3.05, 3.63) is 63.6 Å². The van der Waals surface area contributed by atoms with Crippen LogP contribution in [-0.2, 0) is 0 Å². The number of hydrogen-bond acceptors (Lipinski definition) is 1. The van der Waals surface area contributed by atoms with Crippen LogP contribution in [0.1, 0.15) is 29.9 Å². The lowest BCUT2D eigenvalue weighted by atomic mass is 9.75. The van der Waals surface area contributed by atoms with E-state index >= 15 is 0 Å². The van der Waals surface area contributed by atoms with Gasteiger partial charge in [-0.05, 0) is 55.0 Å². The lowest BCUT2D eigenvalue weighted by Crippen LogP contribution is -2.34. The maximum absolute atomic E-state index is 6.25. The van der Waals surface area contributed by atoms with E-state index in [1.165, 1.54) is 5.56 Å². The monoisotopic (exact) mass is 305 g/mol. The van der Waals surface area contributed by atoms with Gasteiger partial charge in [0.1, 0.15) is 0 Å². The summed E-state index contributed by atoms with van der Waals surface area (Å²) in [7, 11) is 0. The number of rotatable bonds is 3. The molecule has 0 radical (unpaired) electrons. The summed E-state index contributed by atoms with van der Waals surface area (Å²) in [6.07, 6.45) is 2.24. The van der Waals surface area contributed by atoms with Crippen molar-refractivity contribution >= 4 is 28.9 Å². The quantitative estimate of drug-likeness (QED) is 0.771. The Morgan fingerprint density at radius 2 is 1.65 bits per heavy atom. The predicted molar refractivity (Wildman–Crippen MR) is 87.0 cm³/mol. The van der Waals surface area contributed by atoms with E-state index in [1.807, 2.05) is 24.3 Å². The smallest absolute Gasteiger partial charge is 0.0455 e. The second-order valence-corrected chi connectivity index (χ2v) is 6.26. The van der Waals surface area contributed by atoms with Gasteiger partial charge in [-0.2, -0.15) is 0 Å². The zero-order chi connectivity index (χ0) is 14.1. The Hall–Kier alpha value is -1.18. The van der Waals surface area contributed by atoms with Crippen molar-refractivity contribution in [1.82, 2.24) is 0 Å². The van der Waals surface area contributed by atoms with Crippen molar-refractivity contribution in [3.8, 4) is 0 Å². The molecule has 3 heteroatoms. The number of nitrogens with one attached hydrogen (secondary N) is 1. The van der Waals surface area contributed by atoms with Crippen molar-refractivity contribution < 1.29 is 0 Å². The summed E-state index contributed by atoms with van der Waals surface area (Å²) >= 11 is 12.4. The molecular weight excluding hydrogens is 289 g/mol. The van der Waals surface area contributed by atoms with Crippen molar-refractivity contribution in [2.45, 2.75) is 31.7 Å². The number of anilines is 1. The number of hydrogen-bond donors (Lipinski definition) is 1. The molecule has 1 aliphatic carbocycles. The Morgan fingerprint density at radius 3 is 2.40 bits per heavy atom. The Kier molecular flexibility index (Phi) is 3.91. The lowest BCUT2D eigenvalue weighted by molar-refractivity contribution is 0.374. The first-order valence-corrected chi connectivity index (χ1v) is 7.67. The topological polar surface area (TPSA) is 12.0 Å². The van der Waals surface area contributed by atoms with Crippen molar-refractivity contribution in [1.29, 1.82) is 0 Å². The average Bonchev–Trinajstić information content (AvgIpc) is 2.39. The van der Waals surface area contributed by atoms with E-state index in [9.17, 15) is 0 Å². The van der Waals surface area contributed by atoms with Gasteiger partial charge in [-0.15, -0.1) is 0 Å². The molecule has 3 rings (SSSR count). The molecular formula is C17H17Cl2N. The van der Waals surface area contributed by atoms with Gasteiger partial charge in [-0.25, -0.2) is 0 Å². The summed E-state index contributed by atoms with van der Waals surface area (Å²) in [4.78, 5) is 0. The molecule has 0 amide bonds. The van der Waals surface area contributed by atoms with E-state index in [-0.39, 0.29) is 0 Å². The molecule has 1 saturated carbocycles. The molecule has 0 spiro atoms. The van der Waals surface area contributed by atoms with Gasteiger partial charge in [-0.1, -0.05) is 47.5 Å². The first-order valence-electron chi connectivity index (χ1n) is 6.91. The fraction of sp³-hybridized carbons (Fsp3) is 0.294. The number of benzene rings is 2. The zero-order valence-corrected chi connectivity index (χ0v) is 12.9. The summed E-state index contributed by atoms with van der Waals surface area (Å²) in [5.74, 6) is 0.570. The molecule has 0 aromatic heterocycles. The van der Waals surface area contributed by atoms with E-state index in [2.05, 4.69) is 30.4 Å². The molecule has 1 N–H and O–H groups in total. The highest BCUT2D eigenvalue weighted by molar-refractivity contribution is 6.31. The van der Waals surface area contributed by atoms with Crippen LogP contribution in [0.4, 0.5) is 5.69 Å². The van der Waals surface area contributed by atoms with Crippen LogP contribution in [0, 0.1) is 6.92 Å². The van der Waals surface area contributed by atoms with Crippen LogP contribution in [-0.4, -0.2) is 6.04 Å². The Bertz CT molecular complexity index is 618. The minimum atomic E-state index is 0.508. The summed E-state index contributed by atoms with van der Waals surface area (Å²) < 4.78 is 0. The minimum absolute atomic E-state index is 0.508. The van der Waals surface area contributed by atoms with Crippen LogP contribution in [0.5, 0.6) is 0 Å². The molecule has 20 heavy (non-hydrogen) atoms. The summed E-state index contributed by atoms with van der Waals surface area (Å²) in [5, 5.41) is 5.28. The van der Waals surface area contributed by atoms with Gasteiger partial charge in [0.25, 0.3) is 0 Å². The van der Waals surface area contributed by atoms with Crippen LogP contribution in [0.15, 0.2) is 42.5 Å². The van der Waals surface area contributed by atoms with Crippen LogP contribution < -0.4 is 5.32 Å². The highest BCUT2D eigenvalue weighted by Gasteiger charge is 2.31. The summed E-state index contributed by atoms with van der Waals surface area (Å²) in [6.45, 7) is 2.05. The highest BCUT2D eigenvalue weighted by Crippen LogP contribution is 2.41. The van der Waals surface area contributed by atoms with Crippen molar-refractivity contribution in [2.24, 2.45) is 0 Å². The molecule has 104 valence electrons. The molecule has 1 nitrogen and oxygen atoms in total. The first-order chi connectivity index (χ1) is 9.65. The Balaban J connectivity index is 1.64. The molecule has 1 fully saturated rings. The van der Waals surface area contributed by atoms with Gasteiger partial charge in [0.2, 0.25) is 0 Å². The van der Waals surface area contributed by atoms with Gasteiger partial charge in [0.15, 0.2) is 0 Å². The fourth-order valence-corrected chi connectivity index (χ4v) is 3.24. The third kappa shape index (κ3) is 2.65. The summed E-state index contributed by atoms with van der Waals surface area (Å²) in [6, 6.07) is 14.7. The predicted octanol–water partition coefficient (Wildman–Crippen LogP) is 5.66. The van der Waals surface area contributed by atoms with Crippen LogP contribution in [0.3, 0.4) is 0 Å². The van der Waals surface area contributed by atoms with Crippen LogP contribution in [0.25, 0.3) is 0 Å². The van der Waals surface area contributed by atoms with Crippen molar-refractivity contribution in [2.75, 3.05) is 5.32 Å².